The molecule has 0 aromatic rings. The molecule has 6 nitrogen and oxygen atoms in total. The SMILES string of the molecule is OCC(O)C(O)C1CC(O)C(O)O1. The van der Waals surface area contributed by atoms with Gasteiger partial charge >= 0.3 is 0 Å². The first kappa shape index (κ1) is 10.8. The summed E-state index contributed by atoms with van der Waals surface area (Å²) < 4.78 is 4.74. The summed E-state index contributed by atoms with van der Waals surface area (Å²) in [5.41, 5.74) is 0. The van der Waals surface area contributed by atoms with Gasteiger partial charge in [0.2, 0.25) is 0 Å². The van der Waals surface area contributed by atoms with Crippen molar-refractivity contribution in [3.63, 3.8) is 0 Å². The number of rotatable bonds is 3. The zero-order valence-electron chi connectivity index (χ0n) is 6.95. The van der Waals surface area contributed by atoms with Gasteiger partial charge in [0.1, 0.15) is 18.3 Å². The lowest BCUT2D eigenvalue weighted by atomic mass is 10.1. The summed E-state index contributed by atoms with van der Waals surface area (Å²) in [7, 11) is 0. The van der Waals surface area contributed by atoms with Gasteiger partial charge in [-0.2, -0.15) is 0 Å². The number of hydrogen-bond donors (Lipinski definition) is 5. The average Bonchev–Trinajstić information content (AvgIpc) is 2.44. The fraction of sp³-hybridized carbons (Fsp3) is 1.00. The molecule has 0 radical (unpaired) electrons. The molecule has 1 fully saturated rings. The Hall–Kier alpha value is -0.240. The van der Waals surface area contributed by atoms with Gasteiger partial charge in [0, 0.05) is 6.42 Å². The van der Waals surface area contributed by atoms with Crippen LogP contribution >= 0.6 is 0 Å². The highest BCUT2D eigenvalue weighted by Gasteiger charge is 2.38. The van der Waals surface area contributed by atoms with Crippen molar-refractivity contribution in [1.82, 2.24) is 0 Å². The van der Waals surface area contributed by atoms with Gasteiger partial charge in [-0.3, -0.25) is 0 Å². The van der Waals surface area contributed by atoms with E-state index in [1.54, 1.807) is 0 Å². The van der Waals surface area contributed by atoms with Crippen molar-refractivity contribution in [1.29, 1.82) is 0 Å². The van der Waals surface area contributed by atoms with Crippen molar-refractivity contribution in [2.45, 2.75) is 37.1 Å². The Morgan fingerprint density at radius 1 is 1.31 bits per heavy atom. The zero-order chi connectivity index (χ0) is 10.0. The highest BCUT2D eigenvalue weighted by molar-refractivity contribution is 4.84. The average molecular weight is 194 g/mol. The second-order valence-corrected chi connectivity index (χ2v) is 3.11. The number of aliphatic hydroxyl groups excluding tert-OH is 5. The smallest absolute Gasteiger partial charge is 0.181 e. The summed E-state index contributed by atoms with van der Waals surface area (Å²) in [4.78, 5) is 0. The molecule has 0 saturated carbocycles. The quantitative estimate of drug-likeness (QED) is 0.331. The van der Waals surface area contributed by atoms with E-state index >= 15 is 0 Å². The van der Waals surface area contributed by atoms with Crippen LogP contribution in [0.2, 0.25) is 0 Å². The topological polar surface area (TPSA) is 110 Å². The van der Waals surface area contributed by atoms with E-state index in [-0.39, 0.29) is 6.42 Å². The molecule has 0 aliphatic carbocycles. The third kappa shape index (κ3) is 2.37. The highest BCUT2D eigenvalue weighted by atomic mass is 16.6. The molecule has 5 unspecified atom stereocenters. The van der Waals surface area contributed by atoms with Crippen LogP contribution in [0.1, 0.15) is 6.42 Å². The van der Waals surface area contributed by atoms with Gasteiger partial charge in [0.25, 0.3) is 0 Å². The van der Waals surface area contributed by atoms with Crippen LogP contribution in [0.5, 0.6) is 0 Å². The maximum absolute atomic E-state index is 9.30. The largest absolute Gasteiger partial charge is 0.394 e. The Labute approximate surface area is 75.0 Å². The van der Waals surface area contributed by atoms with Gasteiger partial charge in [-0.15, -0.1) is 0 Å². The monoisotopic (exact) mass is 194 g/mol. The summed E-state index contributed by atoms with van der Waals surface area (Å²) in [5.74, 6) is 0. The molecule has 0 aromatic heterocycles. The minimum Gasteiger partial charge on any atom is -0.394 e. The molecular weight excluding hydrogens is 180 g/mol. The van der Waals surface area contributed by atoms with Crippen molar-refractivity contribution in [2.24, 2.45) is 0 Å². The van der Waals surface area contributed by atoms with Crippen molar-refractivity contribution < 1.29 is 30.3 Å². The fourth-order valence-corrected chi connectivity index (χ4v) is 1.26. The van der Waals surface area contributed by atoms with Crippen LogP contribution in [0.3, 0.4) is 0 Å². The Balaban J connectivity index is 2.45. The summed E-state index contributed by atoms with van der Waals surface area (Å²) in [6, 6.07) is 0. The highest BCUT2D eigenvalue weighted by Crippen LogP contribution is 2.22. The Kier molecular flexibility index (Phi) is 3.60. The van der Waals surface area contributed by atoms with Crippen molar-refractivity contribution in [3.05, 3.63) is 0 Å². The van der Waals surface area contributed by atoms with Crippen LogP contribution in [0.25, 0.3) is 0 Å². The molecule has 5 N–H and O–H groups in total. The van der Waals surface area contributed by atoms with Gasteiger partial charge < -0.3 is 30.3 Å². The Morgan fingerprint density at radius 3 is 2.31 bits per heavy atom. The molecule has 1 rings (SSSR count). The van der Waals surface area contributed by atoms with Crippen molar-refractivity contribution in [3.8, 4) is 0 Å². The van der Waals surface area contributed by atoms with E-state index < -0.39 is 37.3 Å². The Bertz CT molecular complexity index is 153. The normalized spacial score (nSPS) is 39.0. The molecule has 0 aromatic carbocycles. The summed E-state index contributed by atoms with van der Waals surface area (Å²) in [6.07, 6.45) is -5.79. The van der Waals surface area contributed by atoms with Crippen LogP contribution in [0, 0.1) is 0 Å². The van der Waals surface area contributed by atoms with Gasteiger partial charge in [-0.25, -0.2) is 0 Å². The maximum atomic E-state index is 9.30. The van der Waals surface area contributed by atoms with E-state index in [1.165, 1.54) is 0 Å². The predicted molar refractivity (Wildman–Crippen MR) is 40.6 cm³/mol. The minimum absolute atomic E-state index is 0.0411. The lowest BCUT2D eigenvalue weighted by molar-refractivity contribution is -0.161. The lowest BCUT2D eigenvalue weighted by Gasteiger charge is -2.21. The number of hydrogen-bond acceptors (Lipinski definition) is 6. The van der Waals surface area contributed by atoms with E-state index in [0.717, 1.165) is 0 Å². The second kappa shape index (κ2) is 4.32. The molecule has 1 aliphatic rings. The van der Waals surface area contributed by atoms with Gasteiger partial charge in [-0.1, -0.05) is 0 Å². The minimum atomic E-state index is -1.33. The molecule has 1 saturated heterocycles. The number of ether oxygens (including phenoxy) is 1. The Morgan fingerprint density at radius 2 is 1.92 bits per heavy atom. The molecule has 5 atom stereocenters. The van der Waals surface area contributed by atoms with E-state index in [1.807, 2.05) is 0 Å². The molecular formula is C7H14O6. The lowest BCUT2D eigenvalue weighted by Crippen LogP contribution is -2.39. The fourth-order valence-electron chi connectivity index (χ4n) is 1.26. The first-order valence-electron chi connectivity index (χ1n) is 4.05. The summed E-state index contributed by atoms with van der Waals surface area (Å²) in [5, 5.41) is 44.8. The molecule has 0 spiro atoms. The van der Waals surface area contributed by atoms with Gasteiger partial charge in [-0.05, 0) is 0 Å². The van der Waals surface area contributed by atoms with Crippen LogP contribution in [-0.4, -0.2) is 62.8 Å². The number of aliphatic hydroxyl groups is 5. The molecule has 6 heteroatoms. The molecule has 78 valence electrons. The van der Waals surface area contributed by atoms with E-state index in [2.05, 4.69) is 0 Å². The molecule has 1 heterocycles. The van der Waals surface area contributed by atoms with Crippen LogP contribution < -0.4 is 0 Å². The van der Waals surface area contributed by atoms with Crippen LogP contribution in [0.4, 0.5) is 0 Å². The van der Waals surface area contributed by atoms with Crippen molar-refractivity contribution in [2.75, 3.05) is 6.61 Å². The predicted octanol–water partition coefficient (Wildman–Crippen LogP) is -2.83. The third-order valence-corrected chi connectivity index (χ3v) is 2.08. The van der Waals surface area contributed by atoms with Crippen LogP contribution in [0.15, 0.2) is 0 Å². The second-order valence-electron chi connectivity index (χ2n) is 3.11. The standard InChI is InChI=1S/C7H14O6/c8-2-4(10)6(11)5-1-3(9)7(12)13-5/h3-12H,1-2H2. The van der Waals surface area contributed by atoms with Crippen LogP contribution in [-0.2, 0) is 4.74 Å². The van der Waals surface area contributed by atoms with E-state index in [0.29, 0.717) is 0 Å². The van der Waals surface area contributed by atoms with E-state index in [4.69, 9.17) is 25.2 Å². The van der Waals surface area contributed by atoms with Crippen molar-refractivity contribution >= 4 is 0 Å². The van der Waals surface area contributed by atoms with Gasteiger partial charge in [0.05, 0.1) is 12.7 Å². The first-order chi connectivity index (χ1) is 6.06. The third-order valence-electron chi connectivity index (χ3n) is 2.08. The molecule has 0 amide bonds. The maximum Gasteiger partial charge on any atom is 0.181 e. The molecule has 1 aliphatic heterocycles. The molecule has 0 bridgehead atoms. The van der Waals surface area contributed by atoms with E-state index in [9.17, 15) is 5.11 Å². The first-order valence-corrected chi connectivity index (χ1v) is 4.05. The van der Waals surface area contributed by atoms with Gasteiger partial charge in [0.15, 0.2) is 6.29 Å². The molecule has 13 heavy (non-hydrogen) atoms. The zero-order valence-corrected chi connectivity index (χ0v) is 6.95. The summed E-state index contributed by atoms with van der Waals surface area (Å²) in [6.45, 7) is -0.590. The summed E-state index contributed by atoms with van der Waals surface area (Å²) >= 11 is 0.